The smallest absolute Gasteiger partial charge is 0.339 e. The number of aromatic hydroxyl groups is 1. The van der Waals surface area contributed by atoms with Gasteiger partial charge in [0.05, 0.1) is 11.6 Å². The molecule has 0 aliphatic carbocycles. The second kappa shape index (κ2) is 4.60. The van der Waals surface area contributed by atoms with Gasteiger partial charge >= 0.3 is 5.97 Å². The van der Waals surface area contributed by atoms with Crippen molar-refractivity contribution in [1.82, 2.24) is 0 Å². The number of aromatic carboxylic acids is 1. The highest BCUT2D eigenvalue weighted by Gasteiger charge is 2.12. The first-order valence-corrected chi connectivity index (χ1v) is 5.19. The number of hydrogen-bond acceptors (Lipinski definition) is 3. The van der Waals surface area contributed by atoms with Crippen molar-refractivity contribution in [3.8, 4) is 22.9 Å². The zero-order chi connectivity index (χ0) is 13.1. The molecule has 0 saturated carbocycles. The van der Waals surface area contributed by atoms with Gasteiger partial charge in [-0.3, -0.25) is 0 Å². The summed E-state index contributed by atoms with van der Waals surface area (Å²) >= 11 is 0. The van der Waals surface area contributed by atoms with Crippen LogP contribution in [0.25, 0.3) is 11.1 Å². The van der Waals surface area contributed by atoms with Crippen molar-refractivity contribution < 1.29 is 15.0 Å². The Morgan fingerprint density at radius 3 is 2.56 bits per heavy atom. The highest BCUT2D eigenvalue weighted by molar-refractivity contribution is 5.92. The maximum Gasteiger partial charge on any atom is 0.339 e. The van der Waals surface area contributed by atoms with Gasteiger partial charge in [-0.05, 0) is 29.3 Å². The summed E-state index contributed by atoms with van der Waals surface area (Å²) in [6.45, 7) is 0. The Morgan fingerprint density at radius 2 is 1.89 bits per heavy atom. The lowest BCUT2D eigenvalue weighted by Crippen LogP contribution is -1.97. The first-order chi connectivity index (χ1) is 8.63. The van der Waals surface area contributed by atoms with E-state index in [-0.39, 0.29) is 11.3 Å². The summed E-state index contributed by atoms with van der Waals surface area (Å²) in [5.74, 6) is -1.50. The molecule has 0 fully saturated rings. The lowest BCUT2D eigenvalue weighted by atomic mass is 9.98. The van der Waals surface area contributed by atoms with Crippen LogP contribution in [0.2, 0.25) is 0 Å². The largest absolute Gasteiger partial charge is 0.507 e. The molecule has 88 valence electrons. The van der Waals surface area contributed by atoms with Gasteiger partial charge in [0, 0.05) is 0 Å². The van der Waals surface area contributed by atoms with Crippen molar-refractivity contribution in [2.24, 2.45) is 0 Å². The molecule has 0 amide bonds. The number of benzene rings is 2. The topological polar surface area (TPSA) is 81.3 Å². The highest BCUT2D eigenvalue weighted by atomic mass is 16.4. The molecule has 2 aromatic rings. The van der Waals surface area contributed by atoms with Crippen molar-refractivity contribution in [2.45, 2.75) is 0 Å². The zero-order valence-corrected chi connectivity index (χ0v) is 9.29. The molecule has 0 heterocycles. The fourth-order valence-corrected chi connectivity index (χ4v) is 1.71. The van der Waals surface area contributed by atoms with E-state index in [1.54, 1.807) is 30.3 Å². The van der Waals surface area contributed by atoms with Crippen molar-refractivity contribution in [3.05, 3.63) is 53.6 Å². The first kappa shape index (κ1) is 11.7. The van der Waals surface area contributed by atoms with Crippen molar-refractivity contribution >= 4 is 5.97 Å². The number of phenols is 1. The summed E-state index contributed by atoms with van der Waals surface area (Å²) in [6.07, 6.45) is 0. The van der Waals surface area contributed by atoms with Crippen LogP contribution in [0.5, 0.6) is 5.75 Å². The van der Waals surface area contributed by atoms with Gasteiger partial charge in [0.1, 0.15) is 11.3 Å². The molecule has 0 atom stereocenters. The predicted octanol–water partition coefficient (Wildman–Crippen LogP) is 2.63. The minimum absolute atomic E-state index is 0.180. The van der Waals surface area contributed by atoms with Gasteiger partial charge in [-0.25, -0.2) is 4.79 Å². The Hall–Kier alpha value is -2.80. The van der Waals surface area contributed by atoms with E-state index in [0.717, 1.165) is 0 Å². The van der Waals surface area contributed by atoms with Crippen LogP contribution in [0.4, 0.5) is 0 Å². The van der Waals surface area contributed by atoms with Crippen LogP contribution in [0.1, 0.15) is 15.9 Å². The molecule has 0 saturated heterocycles. The molecule has 0 aliphatic heterocycles. The Bertz CT molecular complexity index is 656. The number of nitrogens with zero attached hydrogens (tertiary/aromatic N) is 1. The molecule has 2 aromatic carbocycles. The lowest BCUT2D eigenvalue weighted by Gasteiger charge is -2.06. The van der Waals surface area contributed by atoms with Crippen LogP contribution < -0.4 is 0 Å². The average Bonchev–Trinajstić information content (AvgIpc) is 2.39. The SMILES string of the molecule is N#Cc1ccccc1-c1ccc(O)c(C(=O)O)c1. The maximum absolute atomic E-state index is 10.9. The summed E-state index contributed by atoms with van der Waals surface area (Å²) in [5, 5.41) is 27.4. The van der Waals surface area contributed by atoms with E-state index in [1.807, 2.05) is 6.07 Å². The van der Waals surface area contributed by atoms with Gasteiger partial charge in [0.2, 0.25) is 0 Å². The fourth-order valence-electron chi connectivity index (χ4n) is 1.71. The van der Waals surface area contributed by atoms with E-state index in [1.165, 1.54) is 12.1 Å². The Labute approximate surface area is 103 Å². The van der Waals surface area contributed by atoms with Gasteiger partial charge in [-0.15, -0.1) is 0 Å². The normalized spacial score (nSPS) is 9.72. The van der Waals surface area contributed by atoms with Crippen LogP contribution in [0.15, 0.2) is 42.5 Å². The minimum Gasteiger partial charge on any atom is -0.507 e. The number of hydrogen-bond donors (Lipinski definition) is 2. The summed E-state index contributed by atoms with van der Waals surface area (Å²) in [5.41, 5.74) is 1.50. The minimum atomic E-state index is -1.20. The van der Waals surface area contributed by atoms with Gasteiger partial charge in [0.15, 0.2) is 0 Å². The Morgan fingerprint density at radius 1 is 1.17 bits per heavy atom. The van der Waals surface area contributed by atoms with E-state index in [9.17, 15) is 9.90 Å². The molecule has 2 N–H and O–H groups in total. The van der Waals surface area contributed by atoms with Crippen LogP contribution in [-0.2, 0) is 0 Å². The second-order valence-electron chi connectivity index (χ2n) is 3.69. The van der Waals surface area contributed by atoms with Crippen LogP contribution >= 0.6 is 0 Å². The number of carbonyl (C=O) groups is 1. The molecule has 0 spiro atoms. The molecular formula is C14H9NO3. The van der Waals surface area contributed by atoms with Crippen LogP contribution in [0, 0.1) is 11.3 Å². The molecule has 2 rings (SSSR count). The first-order valence-electron chi connectivity index (χ1n) is 5.19. The Balaban J connectivity index is 2.62. The molecule has 4 heteroatoms. The summed E-state index contributed by atoms with van der Waals surface area (Å²) in [7, 11) is 0. The second-order valence-corrected chi connectivity index (χ2v) is 3.69. The van der Waals surface area contributed by atoms with Crippen molar-refractivity contribution in [3.63, 3.8) is 0 Å². The van der Waals surface area contributed by atoms with Crippen molar-refractivity contribution in [2.75, 3.05) is 0 Å². The molecule has 0 aliphatic rings. The molecule has 0 radical (unpaired) electrons. The summed E-state index contributed by atoms with van der Waals surface area (Å²) < 4.78 is 0. The van der Waals surface area contributed by atoms with E-state index in [4.69, 9.17) is 10.4 Å². The maximum atomic E-state index is 10.9. The van der Waals surface area contributed by atoms with Gasteiger partial charge in [-0.1, -0.05) is 24.3 Å². The van der Waals surface area contributed by atoms with E-state index in [2.05, 4.69) is 0 Å². The average molecular weight is 239 g/mol. The molecule has 4 nitrogen and oxygen atoms in total. The standard InChI is InChI=1S/C14H9NO3/c15-8-10-3-1-2-4-11(10)9-5-6-13(16)12(7-9)14(17)18/h1-7,16H,(H,17,18). The number of carboxylic acids is 1. The third-order valence-electron chi connectivity index (χ3n) is 2.59. The third-order valence-corrected chi connectivity index (χ3v) is 2.59. The van der Waals surface area contributed by atoms with Gasteiger partial charge in [-0.2, -0.15) is 5.26 Å². The third kappa shape index (κ3) is 2.02. The highest BCUT2D eigenvalue weighted by Crippen LogP contribution is 2.28. The fraction of sp³-hybridized carbons (Fsp3) is 0. The number of carboxylic acid groups (broad SMARTS) is 1. The van der Waals surface area contributed by atoms with Crippen LogP contribution in [-0.4, -0.2) is 16.2 Å². The molecule has 0 bridgehead atoms. The van der Waals surface area contributed by atoms with Crippen LogP contribution in [0.3, 0.4) is 0 Å². The number of nitriles is 1. The van der Waals surface area contributed by atoms with E-state index in [0.29, 0.717) is 16.7 Å². The predicted molar refractivity (Wildman–Crippen MR) is 65.2 cm³/mol. The van der Waals surface area contributed by atoms with Gasteiger partial charge in [0.25, 0.3) is 0 Å². The number of rotatable bonds is 2. The molecule has 0 unspecified atom stereocenters. The molecule has 18 heavy (non-hydrogen) atoms. The van der Waals surface area contributed by atoms with Gasteiger partial charge < -0.3 is 10.2 Å². The lowest BCUT2D eigenvalue weighted by molar-refractivity contribution is 0.0694. The molecular weight excluding hydrogens is 230 g/mol. The molecule has 0 aromatic heterocycles. The van der Waals surface area contributed by atoms with E-state index >= 15 is 0 Å². The summed E-state index contributed by atoms with van der Waals surface area (Å²) in [4.78, 5) is 10.9. The summed E-state index contributed by atoms with van der Waals surface area (Å²) in [6, 6.07) is 13.2. The Kier molecular flexibility index (Phi) is 2.98. The quantitative estimate of drug-likeness (QED) is 0.844. The van der Waals surface area contributed by atoms with E-state index < -0.39 is 5.97 Å². The zero-order valence-electron chi connectivity index (χ0n) is 9.29. The monoisotopic (exact) mass is 239 g/mol. The van der Waals surface area contributed by atoms with Crippen molar-refractivity contribution in [1.29, 1.82) is 5.26 Å².